The number of carbonyl (C=O) groups is 2. The van der Waals surface area contributed by atoms with Gasteiger partial charge in [0.2, 0.25) is 0 Å². The number of amides is 2. The number of benzene rings is 1. The van der Waals surface area contributed by atoms with Gasteiger partial charge in [-0.1, -0.05) is 37.3 Å². The lowest BCUT2D eigenvalue weighted by Gasteiger charge is -2.10. The Balaban J connectivity index is 1.78. The van der Waals surface area contributed by atoms with Gasteiger partial charge in [0.1, 0.15) is 12.3 Å². The Labute approximate surface area is 161 Å². The molecule has 8 heteroatoms. The average Bonchev–Trinajstić information content (AvgIpc) is 2.73. The zero-order valence-electron chi connectivity index (χ0n) is 15.3. The normalized spacial score (nSPS) is 10.5. The highest BCUT2D eigenvalue weighted by molar-refractivity contribution is 5.99. The summed E-state index contributed by atoms with van der Waals surface area (Å²) in [6.07, 6.45) is 2.74. The molecule has 0 bridgehead atoms. The molecule has 2 aromatic heterocycles. The Bertz CT molecular complexity index is 1050. The lowest BCUT2D eigenvalue weighted by Crippen LogP contribution is -2.28. The van der Waals surface area contributed by atoms with Crippen molar-refractivity contribution in [3.63, 3.8) is 0 Å². The maximum absolute atomic E-state index is 12.6. The Hall–Kier alpha value is -3.68. The minimum atomic E-state index is -0.764. The molecule has 8 nitrogen and oxygen atoms in total. The van der Waals surface area contributed by atoms with E-state index < -0.39 is 11.7 Å². The smallest absolute Gasteiger partial charge is 0.412 e. The molecule has 0 aliphatic carbocycles. The molecule has 3 rings (SSSR count). The molecule has 0 radical (unpaired) electrons. The van der Waals surface area contributed by atoms with Gasteiger partial charge in [-0.2, -0.15) is 0 Å². The highest BCUT2D eigenvalue weighted by atomic mass is 16.5. The van der Waals surface area contributed by atoms with Crippen LogP contribution in [0.5, 0.6) is 0 Å². The van der Waals surface area contributed by atoms with E-state index in [-0.39, 0.29) is 29.4 Å². The number of nitrogens with zero attached hydrogens (tertiary/aromatic N) is 2. The van der Waals surface area contributed by atoms with E-state index in [0.29, 0.717) is 6.54 Å². The minimum Gasteiger partial charge on any atom is -0.444 e. The van der Waals surface area contributed by atoms with Crippen molar-refractivity contribution in [2.75, 3.05) is 11.9 Å². The summed E-state index contributed by atoms with van der Waals surface area (Å²) >= 11 is 0. The van der Waals surface area contributed by atoms with Crippen molar-refractivity contribution in [3.05, 3.63) is 76.3 Å². The number of pyridine rings is 1. The van der Waals surface area contributed by atoms with E-state index in [1.807, 2.05) is 37.3 Å². The number of anilines is 1. The SMILES string of the molecule is CCCNC(=O)c1cccn2c(=O)c(NC(=O)OCc3ccccc3)cnc12. The third-order valence-electron chi connectivity index (χ3n) is 3.96. The maximum Gasteiger partial charge on any atom is 0.412 e. The van der Waals surface area contributed by atoms with Crippen LogP contribution in [0.25, 0.3) is 5.65 Å². The first-order valence-corrected chi connectivity index (χ1v) is 8.86. The van der Waals surface area contributed by atoms with Crippen LogP contribution in [0, 0.1) is 0 Å². The number of ether oxygens (including phenoxy) is 1. The second kappa shape index (κ2) is 8.81. The van der Waals surface area contributed by atoms with Crippen molar-refractivity contribution >= 4 is 23.3 Å². The number of rotatable bonds is 6. The molecule has 2 heterocycles. The number of hydrogen-bond acceptors (Lipinski definition) is 5. The van der Waals surface area contributed by atoms with E-state index in [1.54, 1.807) is 12.1 Å². The maximum atomic E-state index is 12.6. The van der Waals surface area contributed by atoms with E-state index in [9.17, 15) is 14.4 Å². The molecule has 0 aliphatic heterocycles. The Morgan fingerprint density at radius 3 is 2.68 bits per heavy atom. The molecule has 2 N–H and O–H groups in total. The topological polar surface area (TPSA) is 102 Å². The number of aromatic nitrogens is 2. The van der Waals surface area contributed by atoms with Gasteiger partial charge in [0.05, 0.1) is 11.8 Å². The summed E-state index contributed by atoms with van der Waals surface area (Å²) in [6, 6.07) is 12.4. The molecule has 0 spiro atoms. The monoisotopic (exact) mass is 380 g/mol. The van der Waals surface area contributed by atoms with Gasteiger partial charge in [0.25, 0.3) is 11.5 Å². The molecule has 144 valence electrons. The first-order chi connectivity index (χ1) is 13.6. The summed E-state index contributed by atoms with van der Waals surface area (Å²) in [4.78, 5) is 41.1. The van der Waals surface area contributed by atoms with Crippen LogP contribution in [-0.2, 0) is 11.3 Å². The van der Waals surface area contributed by atoms with Crippen LogP contribution in [0.4, 0.5) is 10.5 Å². The number of hydrogen-bond donors (Lipinski definition) is 2. The predicted molar refractivity (Wildman–Crippen MR) is 104 cm³/mol. The summed E-state index contributed by atoms with van der Waals surface area (Å²) in [5.74, 6) is -0.310. The van der Waals surface area contributed by atoms with Crippen molar-refractivity contribution < 1.29 is 14.3 Å². The van der Waals surface area contributed by atoms with E-state index >= 15 is 0 Å². The molecular formula is C20H20N4O4. The van der Waals surface area contributed by atoms with E-state index in [4.69, 9.17) is 4.74 Å². The second-order valence-electron chi connectivity index (χ2n) is 6.04. The van der Waals surface area contributed by atoms with Crippen LogP contribution in [0.3, 0.4) is 0 Å². The first-order valence-electron chi connectivity index (χ1n) is 8.86. The van der Waals surface area contributed by atoms with E-state index in [2.05, 4.69) is 15.6 Å². The Morgan fingerprint density at radius 1 is 1.14 bits per heavy atom. The fourth-order valence-electron chi connectivity index (χ4n) is 2.57. The quantitative estimate of drug-likeness (QED) is 0.684. The number of nitrogens with one attached hydrogen (secondary N) is 2. The minimum absolute atomic E-state index is 0.0401. The Morgan fingerprint density at radius 2 is 1.93 bits per heavy atom. The third kappa shape index (κ3) is 4.35. The summed E-state index contributed by atoms with van der Waals surface area (Å²) in [6.45, 7) is 2.55. The molecule has 0 fully saturated rings. The summed E-state index contributed by atoms with van der Waals surface area (Å²) < 4.78 is 6.33. The van der Waals surface area contributed by atoms with Crippen LogP contribution in [0.15, 0.2) is 59.7 Å². The van der Waals surface area contributed by atoms with Gasteiger partial charge in [0, 0.05) is 12.7 Å². The van der Waals surface area contributed by atoms with Crippen LogP contribution in [-0.4, -0.2) is 27.9 Å². The van der Waals surface area contributed by atoms with Crippen molar-refractivity contribution in [2.45, 2.75) is 20.0 Å². The Kier molecular flexibility index (Phi) is 6.01. The molecule has 28 heavy (non-hydrogen) atoms. The average molecular weight is 380 g/mol. The van der Waals surface area contributed by atoms with Crippen LogP contribution in [0.1, 0.15) is 29.3 Å². The van der Waals surface area contributed by atoms with Crippen molar-refractivity contribution in [1.82, 2.24) is 14.7 Å². The van der Waals surface area contributed by atoms with Gasteiger partial charge in [-0.25, -0.2) is 9.78 Å². The molecule has 0 unspecified atom stereocenters. The van der Waals surface area contributed by atoms with Gasteiger partial charge in [-0.15, -0.1) is 0 Å². The molecule has 0 atom stereocenters. The molecule has 0 saturated heterocycles. The van der Waals surface area contributed by atoms with Gasteiger partial charge in [-0.3, -0.25) is 19.3 Å². The standard InChI is InChI=1S/C20H20N4O4/c1-2-10-21-18(25)15-9-6-11-24-17(15)22-12-16(19(24)26)23-20(27)28-13-14-7-4-3-5-8-14/h3-9,11-12H,2,10,13H2,1H3,(H,21,25)(H,23,27). The van der Waals surface area contributed by atoms with Crippen LogP contribution in [0.2, 0.25) is 0 Å². The highest BCUT2D eigenvalue weighted by Crippen LogP contribution is 2.09. The zero-order chi connectivity index (χ0) is 19.9. The van der Waals surface area contributed by atoms with Crippen molar-refractivity contribution in [1.29, 1.82) is 0 Å². The van der Waals surface area contributed by atoms with Gasteiger partial charge in [0.15, 0.2) is 5.65 Å². The number of carbonyl (C=O) groups excluding carboxylic acids is 2. The van der Waals surface area contributed by atoms with Crippen LogP contribution < -0.4 is 16.2 Å². The van der Waals surface area contributed by atoms with Crippen LogP contribution >= 0.6 is 0 Å². The predicted octanol–water partition coefficient (Wildman–Crippen LogP) is 2.58. The molecule has 0 saturated carbocycles. The van der Waals surface area contributed by atoms with Gasteiger partial charge >= 0.3 is 6.09 Å². The lowest BCUT2D eigenvalue weighted by molar-refractivity contribution is 0.0954. The molecule has 2 amide bonds. The molecular weight excluding hydrogens is 360 g/mol. The fourth-order valence-corrected chi connectivity index (χ4v) is 2.57. The summed E-state index contributed by atoms with van der Waals surface area (Å²) in [7, 11) is 0. The summed E-state index contributed by atoms with van der Waals surface area (Å²) in [5, 5.41) is 5.15. The van der Waals surface area contributed by atoms with E-state index in [1.165, 1.54) is 16.8 Å². The highest BCUT2D eigenvalue weighted by Gasteiger charge is 2.15. The second-order valence-corrected chi connectivity index (χ2v) is 6.04. The largest absolute Gasteiger partial charge is 0.444 e. The van der Waals surface area contributed by atoms with Gasteiger partial charge in [-0.05, 0) is 24.1 Å². The zero-order valence-corrected chi connectivity index (χ0v) is 15.3. The van der Waals surface area contributed by atoms with Gasteiger partial charge < -0.3 is 10.1 Å². The van der Waals surface area contributed by atoms with E-state index in [0.717, 1.165) is 12.0 Å². The lowest BCUT2D eigenvalue weighted by atomic mass is 10.2. The van der Waals surface area contributed by atoms with Crippen molar-refractivity contribution in [3.8, 4) is 0 Å². The molecule has 3 aromatic rings. The molecule has 1 aromatic carbocycles. The third-order valence-corrected chi connectivity index (χ3v) is 3.96. The first kappa shape index (κ1) is 19.1. The molecule has 0 aliphatic rings. The number of fused-ring (bicyclic) bond motifs is 1. The summed E-state index contributed by atoms with van der Waals surface area (Å²) in [5.41, 5.74) is 0.776. The fraction of sp³-hybridized carbons (Fsp3) is 0.200. The van der Waals surface area contributed by atoms with Crippen molar-refractivity contribution in [2.24, 2.45) is 0 Å².